The highest BCUT2D eigenvalue weighted by Crippen LogP contribution is 2.20. The average molecular weight is 467 g/mol. The van der Waals surface area contributed by atoms with E-state index in [0.29, 0.717) is 15.8 Å². The van der Waals surface area contributed by atoms with E-state index in [9.17, 15) is 14.4 Å². The van der Waals surface area contributed by atoms with Gasteiger partial charge in [-0.2, -0.15) is 5.10 Å². The summed E-state index contributed by atoms with van der Waals surface area (Å²) in [6.45, 7) is 0.192. The fourth-order valence-corrected chi connectivity index (χ4v) is 3.67. The van der Waals surface area contributed by atoms with E-state index in [1.807, 2.05) is 30.3 Å². The number of carbonyl (C=O) groups excluding carboxylic acids is 2. The van der Waals surface area contributed by atoms with E-state index in [1.54, 1.807) is 24.3 Å². The van der Waals surface area contributed by atoms with Crippen LogP contribution >= 0.6 is 23.2 Å². The predicted molar refractivity (Wildman–Crippen MR) is 123 cm³/mol. The Labute approximate surface area is 192 Å². The highest BCUT2D eigenvalue weighted by Gasteiger charge is 2.18. The lowest BCUT2D eigenvalue weighted by atomic mass is 10.1. The number of hydrogen-bond acceptors (Lipinski definition) is 4. The number of hydrazine groups is 1. The van der Waals surface area contributed by atoms with Crippen molar-refractivity contribution in [3.63, 3.8) is 0 Å². The van der Waals surface area contributed by atoms with Crippen molar-refractivity contribution in [3.8, 4) is 0 Å². The minimum absolute atomic E-state index is 0.00126. The van der Waals surface area contributed by atoms with Crippen LogP contribution in [0, 0.1) is 0 Å². The van der Waals surface area contributed by atoms with Gasteiger partial charge in [0.05, 0.1) is 22.5 Å². The summed E-state index contributed by atoms with van der Waals surface area (Å²) in [6.07, 6.45) is 0. The number of nitrogens with zero attached hydrogens (tertiary/aromatic N) is 2. The van der Waals surface area contributed by atoms with Gasteiger partial charge in [-0.15, -0.1) is 0 Å². The molecule has 2 N–H and O–H groups in total. The van der Waals surface area contributed by atoms with Crippen LogP contribution in [0.3, 0.4) is 0 Å². The van der Waals surface area contributed by atoms with Gasteiger partial charge in [0.2, 0.25) is 0 Å². The van der Waals surface area contributed by atoms with Crippen LogP contribution in [0.5, 0.6) is 0 Å². The molecule has 0 bridgehead atoms. The van der Waals surface area contributed by atoms with Gasteiger partial charge in [0.1, 0.15) is 0 Å². The summed E-state index contributed by atoms with van der Waals surface area (Å²) in [4.78, 5) is 38.2. The van der Waals surface area contributed by atoms with Gasteiger partial charge in [0, 0.05) is 10.4 Å². The van der Waals surface area contributed by atoms with Gasteiger partial charge in [0.15, 0.2) is 5.69 Å². The van der Waals surface area contributed by atoms with Crippen molar-refractivity contribution in [2.45, 2.75) is 6.54 Å². The van der Waals surface area contributed by atoms with Crippen LogP contribution in [0.4, 0.5) is 0 Å². The zero-order valence-corrected chi connectivity index (χ0v) is 18.0. The van der Waals surface area contributed by atoms with Crippen molar-refractivity contribution in [2.24, 2.45) is 0 Å². The maximum absolute atomic E-state index is 12.9. The van der Waals surface area contributed by atoms with Crippen molar-refractivity contribution in [1.29, 1.82) is 0 Å². The quantitative estimate of drug-likeness (QED) is 0.447. The number of benzene rings is 3. The van der Waals surface area contributed by atoms with E-state index in [1.165, 1.54) is 22.9 Å². The van der Waals surface area contributed by atoms with E-state index in [4.69, 9.17) is 23.2 Å². The molecule has 160 valence electrons. The van der Waals surface area contributed by atoms with Crippen LogP contribution in [0.15, 0.2) is 77.6 Å². The first-order chi connectivity index (χ1) is 15.4. The second-order valence-corrected chi connectivity index (χ2v) is 7.72. The summed E-state index contributed by atoms with van der Waals surface area (Å²) in [5.41, 5.74) is 5.32. The number of aromatic nitrogens is 2. The predicted octanol–water partition coefficient (Wildman–Crippen LogP) is 3.83. The number of halogens is 2. The van der Waals surface area contributed by atoms with E-state index in [-0.39, 0.29) is 28.4 Å². The summed E-state index contributed by atoms with van der Waals surface area (Å²) >= 11 is 11.9. The van der Waals surface area contributed by atoms with Crippen LogP contribution in [0.1, 0.15) is 26.4 Å². The highest BCUT2D eigenvalue weighted by molar-refractivity contribution is 6.36. The summed E-state index contributed by atoms with van der Waals surface area (Å²) in [7, 11) is 0. The molecule has 4 rings (SSSR count). The lowest BCUT2D eigenvalue weighted by molar-refractivity contribution is 0.0844. The monoisotopic (exact) mass is 466 g/mol. The summed E-state index contributed by atoms with van der Waals surface area (Å²) in [5, 5.41) is 5.51. The molecule has 0 fully saturated rings. The van der Waals surface area contributed by atoms with Crippen LogP contribution in [0.2, 0.25) is 10.0 Å². The third-order valence-corrected chi connectivity index (χ3v) is 5.27. The standard InChI is InChI=1S/C23H16Cl2N4O3/c24-15-10-11-18(19(25)12-15)21(30)26-27-22(31)20-16-8-4-5-9-17(16)23(32)29(28-20)13-14-6-2-1-3-7-14/h1-12H,13H2,(H,26,30)(H,27,31). The fraction of sp³-hybridized carbons (Fsp3) is 0.0435. The Morgan fingerprint density at radius 2 is 1.50 bits per heavy atom. The van der Waals surface area contributed by atoms with Gasteiger partial charge >= 0.3 is 0 Å². The Hall–Kier alpha value is -3.68. The number of fused-ring (bicyclic) bond motifs is 1. The van der Waals surface area contributed by atoms with Gasteiger partial charge in [-0.3, -0.25) is 25.2 Å². The molecule has 2 amide bonds. The van der Waals surface area contributed by atoms with Crippen LogP contribution in [-0.4, -0.2) is 21.6 Å². The first-order valence-electron chi connectivity index (χ1n) is 9.53. The topological polar surface area (TPSA) is 93.1 Å². The molecule has 0 saturated carbocycles. The first-order valence-corrected chi connectivity index (χ1v) is 10.3. The third-order valence-electron chi connectivity index (χ3n) is 4.72. The Morgan fingerprint density at radius 1 is 0.844 bits per heavy atom. The molecule has 4 aromatic rings. The fourth-order valence-electron chi connectivity index (χ4n) is 3.18. The van der Waals surface area contributed by atoms with Gasteiger partial charge < -0.3 is 0 Å². The van der Waals surface area contributed by atoms with Gasteiger partial charge in [-0.25, -0.2) is 4.68 Å². The molecule has 9 heteroatoms. The van der Waals surface area contributed by atoms with Crippen molar-refractivity contribution in [1.82, 2.24) is 20.6 Å². The molecule has 1 aromatic heterocycles. The first kappa shape index (κ1) is 21.5. The Balaban J connectivity index is 1.64. The molecular formula is C23H16Cl2N4O3. The zero-order valence-electron chi connectivity index (χ0n) is 16.5. The number of nitrogens with one attached hydrogen (secondary N) is 2. The third kappa shape index (κ3) is 4.49. The number of carbonyl (C=O) groups is 2. The maximum atomic E-state index is 12.9. The second kappa shape index (κ2) is 9.21. The lowest BCUT2D eigenvalue weighted by Gasteiger charge is -2.12. The molecule has 0 aliphatic carbocycles. The van der Waals surface area contributed by atoms with Crippen molar-refractivity contribution >= 4 is 45.8 Å². The minimum atomic E-state index is -0.679. The van der Waals surface area contributed by atoms with Crippen LogP contribution < -0.4 is 16.4 Å². The van der Waals surface area contributed by atoms with Crippen LogP contribution in [-0.2, 0) is 6.54 Å². The molecule has 0 aliphatic rings. The Kier molecular flexibility index (Phi) is 6.20. The Morgan fingerprint density at radius 3 is 2.22 bits per heavy atom. The number of hydrogen-bond donors (Lipinski definition) is 2. The van der Waals surface area contributed by atoms with E-state index in [2.05, 4.69) is 16.0 Å². The minimum Gasteiger partial charge on any atom is -0.267 e. The van der Waals surface area contributed by atoms with Crippen LogP contribution in [0.25, 0.3) is 10.8 Å². The molecule has 0 spiro atoms. The van der Waals surface area contributed by atoms with Crippen molar-refractivity contribution < 1.29 is 9.59 Å². The van der Waals surface area contributed by atoms with E-state index in [0.717, 1.165) is 5.56 Å². The molecule has 1 heterocycles. The molecule has 7 nitrogen and oxygen atoms in total. The molecule has 0 radical (unpaired) electrons. The summed E-state index contributed by atoms with van der Waals surface area (Å²) in [6, 6.07) is 20.3. The molecule has 0 unspecified atom stereocenters. The lowest BCUT2D eigenvalue weighted by Crippen LogP contribution is -2.43. The maximum Gasteiger partial charge on any atom is 0.290 e. The molecule has 32 heavy (non-hydrogen) atoms. The average Bonchev–Trinajstić information content (AvgIpc) is 2.80. The second-order valence-electron chi connectivity index (χ2n) is 6.88. The zero-order chi connectivity index (χ0) is 22.7. The largest absolute Gasteiger partial charge is 0.290 e. The molecule has 0 atom stereocenters. The smallest absolute Gasteiger partial charge is 0.267 e. The number of amides is 2. The summed E-state index contributed by atoms with van der Waals surface area (Å²) in [5.74, 6) is -1.30. The molecular weight excluding hydrogens is 451 g/mol. The number of rotatable bonds is 4. The van der Waals surface area contributed by atoms with Gasteiger partial charge in [0.25, 0.3) is 17.4 Å². The van der Waals surface area contributed by atoms with E-state index < -0.39 is 11.8 Å². The normalized spacial score (nSPS) is 10.7. The highest BCUT2D eigenvalue weighted by atomic mass is 35.5. The Bertz CT molecular complexity index is 1390. The molecule has 0 saturated heterocycles. The van der Waals surface area contributed by atoms with Crippen molar-refractivity contribution in [3.05, 3.63) is 110 Å². The van der Waals surface area contributed by atoms with E-state index >= 15 is 0 Å². The van der Waals surface area contributed by atoms with Gasteiger partial charge in [-0.05, 0) is 29.8 Å². The van der Waals surface area contributed by atoms with Crippen molar-refractivity contribution in [2.75, 3.05) is 0 Å². The summed E-state index contributed by atoms with van der Waals surface area (Å²) < 4.78 is 1.23. The SMILES string of the molecule is O=C(NNC(=O)c1nn(Cc2ccccc2)c(=O)c2ccccc12)c1ccc(Cl)cc1Cl. The molecule has 0 aliphatic heterocycles. The molecule has 3 aromatic carbocycles. The van der Waals surface area contributed by atoms with Gasteiger partial charge in [-0.1, -0.05) is 71.7 Å².